The number of thioether (sulfide) groups is 1. The number of alkyl halides is 3. The minimum absolute atomic E-state index is 0.0629. The number of anilines is 1. The number of aromatic nitrogens is 1. The van der Waals surface area contributed by atoms with E-state index in [4.69, 9.17) is 16.3 Å². The first-order chi connectivity index (χ1) is 19.3. The van der Waals surface area contributed by atoms with Crippen LogP contribution in [0.5, 0.6) is 5.75 Å². The van der Waals surface area contributed by atoms with Gasteiger partial charge in [0.05, 0.1) is 16.5 Å². The number of nitrogens with zero attached hydrogens (tertiary/aromatic N) is 1. The number of fused-ring (bicyclic) bond motifs is 2. The van der Waals surface area contributed by atoms with E-state index in [1.165, 1.54) is 24.3 Å². The minimum Gasteiger partial charge on any atom is -0.483 e. The normalized spacial score (nSPS) is 20.0. The monoisotopic (exact) mass is 627 g/mol. The van der Waals surface area contributed by atoms with Crippen LogP contribution >= 0.6 is 34.7 Å². The third kappa shape index (κ3) is 5.69. The van der Waals surface area contributed by atoms with Gasteiger partial charge < -0.3 is 20.1 Å². The Morgan fingerprint density at radius 3 is 2.59 bits per heavy atom. The van der Waals surface area contributed by atoms with Gasteiger partial charge >= 0.3 is 17.0 Å². The van der Waals surface area contributed by atoms with Gasteiger partial charge in [0.25, 0.3) is 5.91 Å². The summed E-state index contributed by atoms with van der Waals surface area (Å²) in [6.07, 6.45) is -4.60. The number of aliphatic carboxylic acids is 1. The fourth-order valence-corrected chi connectivity index (χ4v) is 7.42. The maximum Gasteiger partial charge on any atom is 0.416 e. The van der Waals surface area contributed by atoms with Crippen LogP contribution < -0.4 is 14.9 Å². The summed E-state index contributed by atoms with van der Waals surface area (Å²) < 4.78 is 44.8. The number of carbonyl (C=O) groups excluding carboxylic acids is 3. The van der Waals surface area contributed by atoms with Crippen molar-refractivity contribution in [1.82, 2.24) is 9.88 Å². The predicted octanol–water partition coefficient (Wildman–Crippen LogP) is 3.80. The molecule has 0 saturated carbocycles. The van der Waals surface area contributed by atoms with Gasteiger partial charge in [-0.3, -0.25) is 28.9 Å². The summed E-state index contributed by atoms with van der Waals surface area (Å²) in [5.74, 6) is -5.64. The van der Waals surface area contributed by atoms with Gasteiger partial charge in [0.1, 0.15) is 17.5 Å². The lowest BCUT2D eigenvalue weighted by Gasteiger charge is -2.31. The number of aromatic amines is 1. The lowest BCUT2D eigenvalue weighted by atomic mass is 9.82. The van der Waals surface area contributed by atoms with E-state index < -0.39 is 70.5 Å². The Bertz CT molecular complexity index is 1640. The highest BCUT2D eigenvalue weighted by atomic mass is 35.5. The molecule has 214 valence electrons. The molecular weight excluding hydrogens is 611 g/mol. The third-order valence-corrected chi connectivity index (χ3v) is 8.98. The SMILES string of the molecule is O=C(O)CN1C(=O)C2Sc3[nH]c(=O)sc3[C@@H](c3cc(Cl)ccc3OCC(=O)Nc3cccc(C(F)(F)F)c3)C2C1=O. The first-order valence-electron chi connectivity index (χ1n) is 11.7. The summed E-state index contributed by atoms with van der Waals surface area (Å²) in [5.41, 5.74) is -0.795. The number of benzene rings is 2. The second-order valence-electron chi connectivity index (χ2n) is 9.00. The summed E-state index contributed by atoms with van der Waals surface area (Å²) >= 11 is 8.02. The van der Waals surface area contributed by atoms with E-state index in [1.807, 2.05) is 0 Å². The van der Waals surface area contributed by atoms with Crippen LogP contribution in [0.15, 0.2) is 52.3 Å². The summed E-state index contributed by atoms with van der Waals surface area (Å²) in [4.78, 5) is 65.9. The quantitative estimate of drug-likeness (QED) is 0.336. The average Bonchev–Trinajstić information content (AvgIpc) is 3.38. The standard InChI is InChI=1S/C25H17ClF3N3O7S2/c26-11-4-5-14(39-9-15(33)30-12-3-1-2-10(6-12)25(27,28)29)13(7-11)17-18-20(40-21-19(17)41-24(38)31-21)23(37)32(22(18)36)8-16(34)35/h1-7,17-18,20H,8-9H2,(H,30,33)(H,31,38)(H,34,35)/t17-,18?,20?/m0/s1. The zero-order valence-electron chi connectivity index (χ0n) is 20.4. The Hall–Kier alpha value is -3.82. The van der Waals surface area contributed by atoms with E-state index in [-0.39, 0.29) is 22.0 Å². The second kappa shape index (κ2) is 10.9. The van der Waals surface area contributed by atoms with Crippen LogP contribution in [0, 0.1) is 5.92 Å². The van der Waals surface area contributed by atoms with E-state index in [1.54, 1.807) is 0 Å². The van der Waals surface area contributed by atoms with Crippen molar-refractivity contribution in [3.05, 3.63) is 73.2 Å². The molecule has 0 bridgehead atoms. The Kier molecular flexibility index (Phi) is 7.61. The smallest absolute Gasteiger partial charge is 0.416 e. The highest BCUT2D eigenvalue weighted by Gasteiger charge is 2.56. The molecule has 3 atom stereocenters. The number of halogens is 4. The number of imide groups is 1. The molecule has 0 radical (unpaired) electrons. The summed E-state index contributed by atoms with van der Waals surface area (Å²) in [6.45, 7) is -1.48. The third-order valence-electron chi connectivity index (χ3n) is 6.35. The molecule has 2 aromatic carbocycles. The van der Waals surface area contributed by atoms with Gasteiger partial charge in [-0.15, -0.1) is 0 Å². The molecule has 1 fully saturated rings. The summed E-state index contributed by atoms with van der Waals surface area (Å²) in [6, 6.07) is 8.36. The van der Waals surface area contributed by atoms with Gasteiger partial charge in [-0.05, 0) is 36.4 Å². The Morgan fingerprint density at radius 1 is 1.12 bits per heavy atom. The van der Waals surface area contributed by atoms with Gasteiger partial charge in [-0.25, -0.2) is 0 Å². The van der Waals surface area contributed by atoms with Crippen molar-refractivity contribution in [2.45, 2.75) is 22.4 Å². The molecule has 3 amide bonds. The molecule has 0 aliphatic carbocycles. The molecule has 5 rings (SSSR count). The molecule has 2 unspecified atom stereocenters. The minimum atomic E-state index is -4.60. The predicted molar refractivity (Wildman–Crippen MR) is 141 cm³/mol. The number of likely N-dealkylation sites (tertiary alicyclic amines) is 1. The number of amides is 3. The van der Waals surface area contributed by atoms with Gasteiger partial charge in [0.2, 0.25) is 11.8 Å². The molecule has 1 aromatic heterocycles. The Labute approximate surface area is 241 Å². The fourth-order valence-electron chi connectivity index (χ4n) is 4.71. The molecule has 2 aliphatic rings. The van der Waals surface area contributed by atoms with Gasteiger partial charge in [0.15, 0.2) is 6.61 Å². The van der Waals surface area contributed by atoms with Crippen molar-refractivity contribution in [3.8, 4) is 5.75 Å². The van der Waals surface area contributed by atoms with Crippen LogP contribution in [0.25, 0.3) is 0 Å². The van der Waals surface area contributed by atoms with Gasteiger partial charge in [0, 0.05) is 27.1 Å². The first-order valence-corrected chi connectivity index (χ1v) is 13.8. The van der Waals surface area contributed by atoms with E-state index in [0.29, 0.717) is 14.8 Å². The van der Waals surface area contributed by atoms with Crippen LogP contribution in [-0.2, 0) is 25.4 Å². The molecule has 3 heterocycles. The molecule has 1 saturated heterocycles. The number of carboxylic acid groups (broad SMARTS) is 1. The van der Waals surface area contributed by atoms with Crippen molar-refractivity contribution >= 4 is 64.1 Å². The molecule has 2 aliphatic heterocycles. The maximum absolute atomic E-state index is 13.4. The number of nitrogens with one attached hydrogen (secondary N) is 2. The topological polar surface area (TPSA) is 146 Å². The maximum atomic E-state index is 13.4. The fraction of sp³-hybridized carbons (Fsp3) is 0.240. The van der Waals surface area contributed by atoms with Crippen LogP contribution in [0.1, 0.15) is 21.9 Å². The Morgan fingerprint density at radius 2 is 1.88 bits per heavy atom. The first kappa shape index (κ1) is 28.7. The largest absolute Gasteiger partial charge is 0.483 e. The number of hydrogen-bond donors (Lipinski definition) is 3. The van der Waals surface area contributed by atoms with E-state index >= 15 is 0 Å². The van der Waals surface area contributed by atoms with Crippen molar-refractivity contribution in [2.75, 3.05) is 18.5 Å². The van der Waals surface area contributed by atoms with E-state index in [0.717, 1.165) is 41.3 Å². The van der Waals surface area contributed by atoms with Crippen molar-refractivity contribution in [1.29, 1.82) is 0 Å². The number of rotatable bonds is 7. The van der Waals surface area contributed by atoms with Crippen LogP contribution in [0.3, 0.4) is 0 Å². The lowest BCUT2D eigenvalue weighted by Crippen LogP contribution is -2.36. The van der Waals surface area contributed by atoms with Crippen LogP contribution in [0.2, 0.25) is 5.02 Å². The second-order valence-corrected chi connectivity index (χ2v) is 11.6. The molecule has 3 N–H and O–H groups in total. The van der Waals surface area contributed by atoms with E-state index in [9.17, 15) is 42.3 Å². The Balaban J connectivity index is 1.46. The molecular formula is C25H17ClF3N3O7S2. The van der Waals surface area contributed by atoms with Gasteiger partial charge in [-0.2, -0.15) is 13.2 Å². The zero-order chi connectivity index (χ0) is 29.6. The van der Waals surface area contributed by atoms with E-state index in [2.05, 4.69) is 10.3 Å². The lowest BCUT2D eigenvalue weighted by molar-refractivity contribution is -0.149. The van der Waals surface area contributed by atoms with Crippen molar-refractivity contribution in [2.24, 2.45) is 5.92 Å². The number of H-pyrrole nitrogens is 1. The summed E-state index contributed by atoms with van der Waals surface area (Å²) in [7, 11) is 0. The van der Waals surface area contributed by atoms with Gasteiger partial charge in [-0.1, -0.05) is 40.8 Å². The highest BCUT2D eigenvalue weighted by Crippen LogP contribution is 2.54. The van der Waals surface area contributed by atoms with Crippen molar-refractivity contribution in [3.63, 3.8) is 0 Å². The number of hydrogen-bond acceptors (Lipinski definition) is 8. The number of carboxylic acids is 1. The number of carbonyl (C=O) groups is 4. The summed E-state index contributed by atoms with van der Waals surface area (Å²) in [5, 5.41) is 11.1. The molecule has 41 heavy (non-hydrogen) atoms. The number of ether oxygens (including phenoxy) is 1. The van der Waals surface area contributed by atoms with Crippen LogP contribution in [-0.4, -0.2) is 57.1 Å². The highest BCUT2D eigenvalue weighted by molar-refractivity contribution is 8.00. The average molecular weight is 628 g/mol. The molecule has 3 aromatic rings. The zero-order valence-corrected chi connectivity index (χ0v) is 22.7. The van der Waals surface area contributed by atoms with Crippen LogP contribution in [0.4, 0.5) is 18.9 Å². The number of thiazole rings is 1. The molecule has 0 spiro atoms. The molecule has 10 nitrogen and oxygen atoms in total. The van der Waals surface area contributed by atoms with Crippen molar-refractivity contribution < 1.29 is 42.2 Å². The molecule has 16 heteroatoms.